The van der Waals surface area contributed by atoms with E-state index in [2.05, 4.69) is 5.10 Å². The van der Waals surface area contributed by atoms with Crippen molar-refractivity contribution in [3.8, 4) is 0 Å². The number of aromatic nitrogens is 2. The molecule has 0 saturated heterocycles. The maximum atomic E-state index is 13.6. The third kappa shape index (κ3) is 2.56. The molecule has 0 amide bonds. The van der Waals surface area contributed by atoms with Gasteiger partial charge < -0.3 is 5.11 Å². The lowest BCUT2D eigenvalue weighted by molar-refractivity contribution is 0.173. The van der Waals surface area contributed by atoms with Crippen molar-refractivity contribution in [1.29, 1.82) is 0 Å². The number of nitrogens with zero attached hydrogens (tertiary/aromatic N) is 2. The Hall–Kier alpha value is -1.75. The van der Waals surface area contributed by atoms with Gasteiger partial charge in [0.15, 0.2) is 0 Å². The van der Waals surface area contributed by atoms with Gasteiger partial charge in [-0.1, -0.05) is 0 Å². The molecule has 5 heteroatoms. The average molecular weight is 252 g/mol. The van der Waals surface area contributed by atoms with Crippen molar-refractivity contribution >= 4 is 0 Å². The molecule has 3 nitrogen and oxygen atoms in total. The quantitative estimate of drug-likeness (QED) is 0.910. The molecular formula is C13H14F2N2O. The zero-order chi connectivity index (χ0) is 13.3. The van der Waals surface area contributed by atoms with Gasteiger partial charge in [0, 0.05) is 31.3 Å². The van der Waals surface area contributed by atoms with Crippen LogP contribution in [0.15, 0.2) is 24.5 Å². The summed E-state index contributed by atoms with van der Waals surface area (Å²) in [6.45, 7) is 1.54. The summed E-state index contributed by atoms with van der Waals surface area (Å²) in [7, 11) is 1.76. The Morgan fingerprint density at radius 3 is 2.67 bits per heavy atom. The third-order valence-electron chi connectivity index (χ3n) is 2.82. The molecule has 18 heavy (non-hydrogen) atoms. The fraction of sp³-hybridized carbons (Fsp3) is 0.308. The van der Waals surface area contributed by atoms with Gasteiger partial charge in [-0.3, -0.25) is 4.68 Å². The first kappa shape index (κ1) is 12.7. The van der Waals surface area contributed by atoms with E-state index in [-0.39, 0.29) is 12.0 Å². The van der Waals surface area contributed by atoms with Gasteiger partial charge in [-0.05, 0) is 24.1 Å². The second-order valence-electron chi connectivity index (χ2n) is 4.37. The van der Waals surface area contributed by atoms with E-state index < -0.39 is 17.7 Å². The Balaban J connectivity index is 2.23. The minimum absolute atomic E-state index is 0.109. The highest BCUT2D eigenvalue weighted by Gasteiger charge is 2.16. The molecule has 2 aromatic rings. The molecule has 0 aliphatic rings. The van der Waals surface area contributed by atoms with Crippen LogP contribution in [0.5, 0.6) is 0 Å². The normalized spacial score (nSPS) is 12.7. The van der Waals surface area contributed by atoms with Gasteiger partial charge in [-0.15, -0.1) is 0 Å². The molecule has 96 valence electrons. The number of rotatable bonds is 3. The predicted octanol–water partition coefficient (Wildman–Crippen LogP) is 2.28. The van der Waals surface area contributed by atoms with Crippen LogP contribution in [0.3, 0.4) is 0 Å². The van der Waals surface area contributed by atoms with Gasteiger partial charge in [-0.2, -0.15) is 5.10 Å². The topological polar surface area (TPSA) is 38.1 Å². The third-order valence-corrected chi connectivity index (χ3v) is 2.82. The van der Waals surface area contributed by atoms with Crippen LogP contribution >= 0.6 is 0 Å². The molecule has 0 aliphatic carbocycles. The van der Waals surface area contributed by atoms with E-state index in [1.807, 2.05) is 0 Å². The van der Waals surface area contributed by atoms with Crippen molar-refractivity contribution in [2.75, 3.05) is 0 Å². The SMILES string of the molecule is Cc1cc(C(O)Cc2cnn(C)c2)c(F)cc1F. The molecule has 2 rings (SSSR count). The first-order valence-electron chi connectivity index (χ1n) is 5.58. The lowest BCUT2D eigenvalue weighted by Gasteiger charge is -2.12. The van der Waals surface area contributed by atoms with Gasteiger partial charge in [0.1, 0.15) is 11.6 Å². The molecule has 1 N–H and O–H groups in total. The molecule has 0 bridgehead atoms. The van der Waals surface area contributed by atoms with E-state index in [1.165, 1.54) is 13.0 Å². The lowest BCUT2D eigenvalue weighted by atomic mass is 10.0. The van der Waals surface area contributed by atoms with E-state index in [0.29, 0.717) is 5.56 Å². The Bertz CT molecular complexity index is 566. The molecule has 0 saturated carbocycles. The zero-order valence-electron chi connectivity index (χ0n) is 10.2. The number of aryl methyl sites for hydroxylation is 2. The van der Waals surface area contributed by atoms with Gasteiger partial charge >= 0.3 is 0 Å². The predicted molar refractivity (Wildman–Crippen MR) is 63.0 cm³/mol. The first-order valence-corrected chi connectivity index (χ1v) is 5.58. The van der Waals surface area contributed by atoms with Crippen LogP contribution in [0.2, 0.25) is 0 Å². The van der Waals surface area contributed by atoms with Crippen molar-refractivity contribution in [3.05, 3.63) is 52.9 Å². The fourth-order valence-electron chi connectivity index (χ4n) is 1.85. The summed E-state index contributed by atoms with van der Waals surface area (Å²) in [6, 6.07) is 2.14. The van der Waals surface area contributed by atoms with Gasteiger partial charge in [0.05, 0.1) is 12.3 Å². The maximum Gasteiger partial charge on any atom is 0.131 e. The number of aliphatic hydroxyl groups is 1. The molecular weight excluding hydrogens is 238 g/mol. The number of halogens is 2. The molecule has 0 fully saturated rings. The molecule has 1 unspecified atom stereocenters. The molecule has 0 radical (unpaired) electrons. The fourth-order valence-corrected chi connectivity index (χ4v) is 1.85. The summed E-state index contributed by atoms with van der Waals surface area (Å²) >= 11 is 0. The van der Waals surface area contributed by atoms with Crippen LogP contribution in [0.25, 0.3) is 0 Å². The highest BCUT2D eigenvalue weighted by Crippen LogP contribution is 2.23. The maximum absolute atomic E-state index is 13.6. The summed E-state index contributed by atoms with van der Waals surface area (Å²) < 4.78 is 28.3. The van der Waals surface area contributed by atoms with Crippen LogP contribution in [-0.2, 0) is 13.5 Å². The Labute approximate surface area is 104 Å². The van der Waals surface area contributed by atoms with Crippen molar-refractivity contribution in [2.24, 2.45) is 7.05 Å². The Morgan fingerprint density at radius 1 is 1.33 bits per heavy atom. The van der Waals surface area contributed by atoms with Crippen LogP contribution in [-0.4, -0.2) is 14.9 Å². The number of aliphatic hydroxyl groups excluding tert-OH is 1. The lowest BCUT2D eigenvalue weighted by Crippen LogP contribution is -2.05. The van der Waals surface area contributed by atoms with E-state index >= 15 is 0 Å². The molecule has 1 aromatic heterocycles. The second-order valence-corrected chi connectivity index (χ2v) is 4.37. The highest BCUT2D eigenvalue weighted by atomic mass is 19.1. The molecule has 1 aromatic carbocycles. The molecule has 0 aliphatic heterocycles. The largest absolute Gasteiger partial charge is 0.388 e. The zero-order valence-corrected chi connectivity index (χ0v) is 10.2. The summed E-state index contributed by atoms with van der Waals surface area (Å²) in [5.74, 6) is -1.33. The van der Waals surface area contributed by atoms with E-state index in [4.69, 9.17) is 0 Å². The van der Waals surface area contributed by atoms with Gasteiger partial charge in [-0.25, -0.2) is 8.78 Å². The van der Waals surface area contributed by atoms with Crippen molar-refractivity contribution < 1.29 is 13.9 Å². The smallest absolute Gasteiger partial charge is 0.131 e. The van der Waals surface area contributed by atoms with Crippen LogP contribution in [0.4, 0.5) is 8.78 Å². The van der Waals surface area contributed by atoms with Crippen LogP contribution in [0, 0.1) is 18.6 Å². The van der Waals surface area contributed by atoms with E-state index in [1.54, 1.807) is 24.1 Å². The van der Waals surface area contributed by atoms with Gasteiger partial charge in [0.2, 0.25) is 0 Å². The van der Waals surface area contributed by atoms with E-state index in [0.717, 1.165) is 11.6 Å². The van der Waals surface area contributed by atoms with Crippen LogP contribution < -0.4 is 0 Å². The van der Waals surface area contributed by atoms with E-state index in [9.17, 15) is 13.9 Å². The number of hydrogen-bond acceptors (Lipinski definition) is 2. The molecule has 1 heterocycles. The van der Waals surface area contributed by atoms with Gasteiger partial charge in [0.25, 0.3) is 0 Å². The van der Waals surface area contributed by atoms with Crippen molar-refractivity contribution in [1.82, 2.24) is 9.78 Å². The average Bonchev–Trinajstić information content (AvgIpc) is 2.69. The van der Waals surface area contributed by atoms with Crippen molar-refractivity contribution in [2.45, 2.75) is 19.4 Å². The summed E-state index contributed by atoms with van der Waals surface area (Å²) in [5, 5.41) is 13.9. The first-order chi connectivity index (χ1) is 8.47. The van der Waals surface area contributed by atoms with Crippen LogP contribution in [0.1, 0.15) is 22.8 Å². The number of benzene rings is 1. The van der Waals surface area contributed by atoms with Crippen molar-refractivity contribution in [3.63, 3.8) is 0 Å². The summed E-state index contributed by atoms with van der Waals surface area (Å²) in [4.78, 5) is 0. The standard InChI is InChI=1S/C13H14F2N2O/c1-8-3-10(12(15)5-11(8)14)13(18)4-9-6-16-17(2)7-9/h3,5-7,13,18H,4H2,1-2H3. The minimum Gasteiger partial charge on any atom is -0.388 e. The Kier molecular flexibility index (Phi) is 3.43. The Morgan fingerprint density at radius 2 is 2.06 bits per heavy atom. The molecule has 0 spiro atoms. The molecule has 1 atom stereocenters. The summed E-state index contributed by atoms with van der Waals surface area (Å²) in [6.07, 6.45) is 2.60. The highest BCUT2D eigenvalue weighted by molar-refractivity contribution is 5.28. The summed E-state index contributed by atoms with van der Waals surface area (Å²) in [5.41, 5.74) is 1.22. The second kappa shape index (κ2) is 4.86. The minimum atomic E-state index is -1.01. The number of hydrogen-bond donors (Lipinski definition) is 1. The monoisotopic (exact) mass is 252 g/mol.